The maximum absolute atomic E-state index is 12.5. The van der Waals surface area contributed by atoms with Gasteiger partial charge in [0.15, 0.2) is 6.61 Å². The molecule has 134 valence electrons. The van der Waals surface area contributed by atoms with Crippen molar-refractivity contribution in [2.45, 2.75) is 12.8 Å². The predicted molar refractivity (Wildman–Crippen MR) is 97.3 cm³/mol. The van der Waals surface area contributed by atoms with Gasteiger partial charge in [-0.3, -0.25) is 19.3 Å². The fourth-order valence-electron chi connectivity index (χ4n) is 2.65. The second-order valence-corrected chi connectivity index (χ2v) is 6.23. The number of nitrogens with one attached hydrogen (secondary N) is 1. The molecule has 1 heterocycles. The predicted octanol–water partition coefficient (Wildman–Crippen LogP) is 3.12. The Bertz CT molecular complexity index is 839. The van der Waals surface area contributed by atoms with E-state index in [0.717, 1.165) is 0 Å². The summed E-state index contributed by atoms with van der Waals surface area (Å²) in [6, 6.07) is 13.5. The lowest BCUT2D eigenvalue weighted by Gasteiger charge is -2.16. The van der Waals surface area contributed by atoms with E-state index < -0.39 is 11.8 Å². The largest absolute Gasteiger partial charge is 0.483 e. The number of hydrogen-bond donors (Lipinski definition) is 1. The first kappa shape index (κ1) is 17.9. The number of ether oxygens (including phenoxy) is 1. The number of amides is 3. The molecule has 26 heavy (non-hydrogen) atoms. The number of nitrogens with zero attached hydrogens (tertiary/aromatic N) is 1. The summed E-state index contributed by atoms with van der Waals surface area (Å²) in [7, 11) is 0. The molecule has 1 aliphatic heterocycles. The second-order valence-electron chi connectivity index (χ2n) is 5.79. The summed E-state index contributed by atoms with van der Waals surface area (Å²) in [5.41, 5.74) is 0.837. The molecule has 1 saturated heterocycles. The molecule has 1 aliphatic rings. The second kappa shape index (κ2) is 8.01. The van der Waals surface area contributed by atoms with Gasteiger partial charge in [0.1, 0.15) is 5.75 Å². The third kappa shape index (κ3) is 4.21. The van der Waals surface area contributed by atoms with E-state index in [1.807, 2.05) is 6.07 Å². The highest BCUT2D eigenvalue weighted by Gasteiger charge is 2.27. The maximum Gasteiger partial charge on any atom is 0.267 e. The van der Waals surface area contributed by atoms with Gasteiger partial charge in [-0.2, -0.15) is 0 Å². The van der Waals surface area contributed by atoms with Crippen molar-refractivity contribution in [1.82, 2.24) is 4.90 Å². The fraction of sp³-hybridized carbons (Fsp3) is 0.211. The van der Waals surface area contributed by atoms with Crippen LogP contribution >= 0.6 is 11.6 Å². The van der Waals surface area contributed by atoms with Crippen LogP contribution in [0.5, 0.6) is 5.75 Å². The summed E-state index contributed by atoms with van der Waals surface area (Å²) < 4.78 is 5.51. The lowest BCUT2D eigenvalue weighted by atomic mass is 10.2. The van der Waals surface area contributed by atoms with Crippen molar-refractivity contribution >= 4 is 35.0 Å². The van der Waals surface area contributed by atoms with Crippen LogP contribution in [0.25, 0.3) is 0 Å². The number of likely N-dealkylation sites (tertiary alicyclic amines) is 1. The van der Waals surface area contributed by atoms with Crippen LogP contribution in [0.1, 0.15) is 23.2 Å². The minimum absolute atomic E-state index is 0.197. The highest BCUT2D eigenvalue weighted by Crippen LogP contribution is 2.24. The third-order valence-corrected chi connectivity index (χ3v) is 4.18. The average Bonchev–Trinajstić information content (AvgIpc) is 3.07. The van der Waals surface area contributed by atoms with E-state index in [1.54, 1.807) is 30.3 Å². The Morgan fingerprint density at radius 3 is 2.62 bits per heavy atom. The Hall–Kier alpha value is -2.86. The van der Waals surface area contributed by atoms with Crippen molar-refractivity contribution in [2.75, 3.05) is 18.5 Å². The first-order valence-electron chi connectivity index (χ1n) is 8.16. The maximum atomic E-state index is 12.5. The molecule has 2 aromatic rings. The zero-order chi connectivity index (χ0) is 18.5. The smallest absolute Gasteiger partial charge is 0.267 e. The number of anilines is 1. The minimum atomic E-state index is -0.420. The summed E-state index contributed by atoms with van der Waals surface area (Å²) in [5, 5.41) is 3.12. The quantitative estimate of drug-likeness (QED) is 0.874. The van der Waals surface area contributed by atoms with Crippen LogP contribution in [0.4, 0.5) is 5.69 Å². The van der Waals surface area contributed by atoms with Crippen molar-refractivity contribution in [3.63, 3.8) is 0 Å². The molecule has 0 bridgehead atoms. The molecule has 1 fully saturated rings. The Morgan fingerprint density at radius 1 is 1.15 bits per heavy atom. The number of hydrogen-bond acceptors (Lipinski definition) is 4. The van der Waals surface area contributed by atoms with Gasteiger partial charge < -0.3 is 10.1 Å². The zero-order valence-corrected chi connectivity index (χ0v) is 14.7. The molecule has 0 atom stereocenters. The molecular weight excluding hydrogens is 356 g/mol. The molecule has 2 aromatic carbocycles. The molecular formula is C19H17ClN2O4. The monoisotopic (exact) mass is 372 g/mol. The number of carbonyl (C=O) groups excluding carboxylic acids is 3. The molecule has 0 unspecified atom stereocenters. The van der Waals surface area contributed by atoms with Crippen molar-refractivity contribution in [3.05, 3.63) is 59.1 Å². The fourth-order valence-corrected chi connectivity index (χ4v) is 2.83. The van der Waals surface area contributed by atoms with Gasteiger partial charge in [0.25, 0.3) is 11.8 Å². The van der Waals surface area contributed by atoms with Gasteiger partial charge in [0.05, 0.1) is 5.56 Å². The number of carbonyl (C=O) groups is 3. The van der Waals surface area contributed by atoms with E-state index >= 15 is 0 Å². The molecule has 3 amide bonds. The van der Waals surface area contributed by atoms with E-state index in [2.05, 4.69) is 5.32 Å². The van der Waals surface area contributed by atoms with Crippen LogP contribution in [-0.2, 0) is 9.59 Å². The van der Waals surface area contributed by atoms with Crippen LogP contribution in [-0.4, -0.2) is 35.8 Å². The summed E-state index contributed by atoms with van der Waals surface area (Å²) in [4.78, 5) is 37.5. The van der Waals surface area contributed by atoms with Gasteiger partial charge in [-0.1, -0.05) is 29.8 Å². The molecule has 0 aromatic heterocycles. The molecule has 0 aliphatic carbocycles. The van der Waals surface area contributed by atoms with Gasteiger partial charge >= 0.3 is 0 Å². The SMILES string of the molecule is O=C(Nc1ccccc1)c1cc(Cl)ccc1OCC(=O)N1CCCC1=O. The summed E-state index contributed by atoms with van der Waals surface area (Å²) in [5.74, 6) is -0.796. The van der Waals surface area contributed by atoms with E-state index in [-0.39, 0.29) is 23.8 Å². The van der Waals surface area contributed by atoms with Gasteiger partial charge in [-0.15, -0.1) is 0 Å². The highest BCUT2D eigenvalue weighted by atomic mass is 35.5. The topological polar surface area (TPSA) is 75.7 Å². The van der Waals surface area contributed by atoms with E-state index in [4.69, 9.17) is 16.3 Å². The normalized spacial score (nSPS) is 13.6. The Morgan fingerprint density at radius 2 is 1.92 bits per heavy atom. The standard InChI is InChI=1S/C19H17ClN2O4/c20-13-8-9-16(26-12-18(24)22-10-4-7-17(22)23)15(11-13)19(25)21-14-5-2-1-3-6-14/h1-3,5-6,8-9,11H,4,7,10,12H2,(H,21,25). The highest BCUT2D eigenvalue weighted by molar-refractivity contribution is 6.31. The minimum Gasteiger partial charge on any atom is -0.483 e. The van der Waals surface area contributed by atoms with Crippen LogP contribution in [0.3, 0.4) is 0 Å². The zero-order valence-electron chi connectivity index (χ0n) is 13.9. The summed E-state index contributed by atoms with van der Waals surface area (Å²) in [6.45, 7) is 0.0853. The Kier molecular flexibility index (Phi) is 5.53. The molecule has 0 saturated carbocycles. The van der Waals surface area contributed by atoms with Gasteiger partial charge in [-0.25, -0.2) is 0 Å². The Labute approximate surface area is 155 Å². The van der Waals surface area contributed by atoms with Crippen LogP contribution < -0.4 is 10.1 Å². The number of halogens is 1. The first-order valence-corrected chi connectivity index (χ1v) is 8.54. The van der Waals surface area contributed by atoms with Crippen LogP contribution in [0, 0.1) is 0 Å². The molecule has 6 nitrogen and oxygen atoms in total. The molecule has 0 spiro atoms. The van der Waals surface area contributed by atoms with Crippen LogP contribution in [0.15, 0.2) is 48.5 Å². The lowest BCUT2D eigenvalue weighted by Crippen LogP contribution is -2.35. The number of rotatable bonds is 5. The van der Waals surface area contributed by atoms with Gasteiger partial charge in [0.2, 0.25) is 5.91 Å². The van der Waals surface area contributed by atoms with Crippen LogP contribution in [0.2, 0.25) is 5.02 Å². The number of imide groups is 1. The third-order valence-electron chi connectivity index (χ3n) is 3.94. The summed E-state index contributed by atoms with van der Waals surface area (Å²) in [6.07, 6.45) is 1.04. The molecule has 3 rings (SSSR count). The van der Waals surface area contributed by atoms with E-state index in [1.165, 1.54) is 17.0 Å². The van der Waals surface area contributed by atoms with E-state index in [9.17, 15) is 14.4 Å². The van der Waals surface area contributed by atoms with Gasteiger partial charge in [-0.05, 0) is 36.8 Å². The molecule has 1 N–H and O–H groups in total. The van der Waals surface area contributed by atoms with Crippen molar-refractivity contribution < 1.29 is 19.1 Å². The molecule has 7 heteroatoms. The number of para-hydroxylation sites is 1. The number of benzene rings is 2. The van der Waals surface area contributed by atoms with E-state index in [0.29, 0.717) is 30.1 Å². The van der Waals surface area contributed by atoms with Crippen molar-refractivity contribution in [3.8, 4) is 5.75 Å². The van der Waals surface area contributed by atoms with Gasteiger partial charge in [0, 0.05) is 23.7 Å². The van der Waals surface area contributed by atoms with Crippen molar-refractivity contribution in [1.29, 1.82) is 0 Å². The van der Waals surface area contributed by atoms with Crippen molar-refractivity contribution in [2.24, 2.45) is 0 Å². The first-order chi connectivity index (χ1) is 12.5. The summed E-state index contributed by atoms with van der Waals surface area (Å²) >= 11 is 5.99. The average molecular weight is 373 g/mol. The Balaban J connectivity index is 1.72. The lowest BCUT2D eigenvalue weighted by molar-refractivity contribution is -0.143. The molecule has 0 radical (unpaired) electrons.